The van der Waals surface area contributed by atoms with E-state index in [0.29, 0.717) is 0 Å². The summed E-state index contributed by atoms with van der Waals surface area (Å²) in [6.45, 7) is 3.58. The Kier molecular flexibility index (Phi) is 3.95. The molecule has 84 valence electrons. The molecule has 0 saturated carbocycles. The van der Waals surface area contributed by atoms with Crippen molar-refractivity contribution in [3.63, 3.8) is 0 Å². The van der Waals surface area contributed by atoms with Gasteiger partial charge in [0.05, 0.1) is 6.07 Å². The molecule has 1 aromatic heterocycles. The van der Waals surface area contributed by atoms with Crippen LogP contribution >= 0.6 is 0 Å². The van der Waals surface area contributed by atoms with Gasteiger partial charge in [0.15, 0.2) is 0 Å². The van der Waals surface area contributed by atoms with Crippen molar-refractivity contribution in [2.24, 2.45) is 0 Å². The third kappa shape index (κ3) is 2.76. The van der Waals surface area contributed by atoms with Gasteiger partial charge in [0.25, 0.3) is 5.91 Å². The van der Waals surface area contributed by atoms with Crippen molar-refractivity contribution in [1.29, 1.82) is 5.26 Å². The molecule has 0 bridgehead atoms. The van der Waals surface area contributed by atoms with Gasteiger partial charge in [-0.2, -0.15) is 9.65 Å². The predicted octanol–water partition coefficient (Wildman–Crippen LogP) is 1.59. The molecule has 1 heterocycles. The third-order valence-electron chi connectivity index (χ3n) is 2.10. The van der Waals surface area contributed by atoms with Crippen molar-refractivity contribution in [3.8, 4) is 6.07 Å². The molecular formula is C11H12FN3O. The zero-order valence-corrected chi connectivity index (χ0v) is 9.14. The largest absolute Gasteiger partial charge is 0.323 e. The minimum atomic E-state index is -0.702. The molecular weight excluding hydrogens is 209 g/mol. The Balaban J connectivity index is 2.95. The van der Waals surface area contributed by atoms with Crippen molar-refractivity contribution >= 4 is 5.91 Å². The number of nitriles is 1. The topological polar surface area (TPSA) is 57.0 Å². The lowest BCUT2D eigenvalue weighted by molar-refractivity contribution is 0.0730. The first-order valence-corrected chi connectivity index (χ1v) is 4.85. The van der Waals surface area contributed by atoms with Crippen molar-refractivity contribution < 1.29 is 9.18 Å². The van der Waals surface area contributed by atoms with Crippen molar-refractivity contribution in [2.75, 3.05) is 6.54 Å². The van der Waals surface area contributed by atoms with Crippen LogP contribution in [0.2, 0.25) is 0 Å². The monoisotopic (exact) mass is 221 g/mol. The minimum absolute atomic E-state index is 0.0135. The molecule has 5 heteroatoms. The van der Waals surface area contributed by atoms with E-state index in [1.165, 1.54) is 17.2 Å². The van der Waals surface area contributed by atoms with E-state index in [1.54, 1.807) is 13.8 Å². The van der Waals surface area contributed by atoms with Crippen LogP contribution in [0.3, 0.4) is 0 Å². The van der Waals surface area contributed by atoms with Gasteiger partial charge in [0.1, 0.15) is 6.54 Å². The molecule has 1 amide bonds. The highest BCUT2D eigenvalue weighted by Crippen LogP contribution is 2.08. The van der Waals surface area contributed by atoms with Crippen LogP contribution in [0.4, 0.5) is 4.39 Å². The standard InChI is InChI=1S/C11H12FN3O/c1-8(2)15(6-4-13)11(16)9-3-5-14-10(12)7-9/h3,5,7-8H,6H2,1-2H3. The number of rotatable bonds is 3. The number of carbonyl (C=O) groups is 1. The summed E-state index contributed by atoms with van der Waals surface area (Å²) in [6, 6.07) is 4.30. The lowest BCUT2D eigenvalue weighted by atomic mass is 10.2. The first-order valence-electron chi connectivity index (χ1n) is 4.85. The zero-order valence-electron chi connectivity index (χ0n) is 9.14. The molecule has 4 nitrogen and oxygen atoms in total. The molecule has 0 atom stereocenters. The molecule has 0 aliphatic heterocycles. The van der Waals surface area contributed by atoms with Gasteiger partial charge in [0.2, 0.25) is 5.95 Å². The normalized spacial score (nSPS) is 9.94. The second kappa shape index (κ2) is 5.21. The number of amides is 1. The zero-order chi connectivity index (χ0) is 12.1. The average molecular weight is 221 g/mol. The Bertz CT molecular complexity index is 425. The minimum Gasteiger partial charge on any atom is -0.323 e. The number of carbonyl (C=O) groups excluding carboxylic acids is 1. The second-order valence-corrected chi connectivity index (χ2v) is 3.55. The Labute approximate surface area is 93.3 Å². The molecule has 1 rings (SSSR count). The lowest BCUT2D eigenvalue weighted by Crippen LogP contribution is -2.37. The maximum atomic E-state index is 12.8. The number of hydrogen-bond donors (Lipinski definition) is 0. The summed E-state index contributed by atoms with van der Waals surface area (Å²) in [5.74, 6) is -1.07. The Morgan fingerprint density at radius 3 is 2.88 bits per heavy atom. The van der Waals surface area contributed by atoms with Crippen LogP contribution in [0.15, 0.2) is 18.3 Å². The van der Waals surface area contributed by atoms with Gasteiger partial charge < -0.3 is 4.90 Å². The van der Waals surface area contributed by atoms with Gasteiger partial charge in [-0.25, -0.2) is 4.98 Å². The summed E-state index contributed by atoms with van der Waals surface area (Å²) in [7, 11) is 0. The quantitative estimate of drug-likeness (QED) is 0.575. The summed E-state index contributed by atoms with van der Waals surface area (Å²) in [5, 5.41) is 8.61. The fourth-order valence-corrected chi connectivity index (χ4v) is 1.27. The maximum Gasteiger partial charge on any atom is 0.255 e. The summed E-state index contributed by atoms with van der Waals surface area (Å²) >= 11 is 0. The number of nitrogens with zero attached hydrogens (tertiary/aromatic N) is 3. The molecule has 0 fully saturated rings. The molecule has 0 N–H and O–H groups in total. The van der Waals surface area contributed by atoms with E-state index in [4.69, 9.17) is 5.26 Å². The lowest BCUT2D eigenvalue weighted by Gasteiger charge is -2.23. The van der Waals surface area contributed by atoms with Gasteiger partial charge in [-0.3, -0.25) is 4.79 Å². The van der Waals surface area contributed by atoms with E-state index >= 15 is 0 Å². The number of aromatic nitrogens is 1. The summed E-state index contributed by atoms with van der Waals surface area (Å²) < 4.78 is 12.8. The SMILES string of the molecule is CC(C)N(CC#N)C(=O)c1ccnc(F)c1. The van der Waals surface area contributed by atoms with E-state index in [0.717, 1.165) is 6.07 Å². The maximum absolute atomic E-state index is 12.8. The summed E-state index contributed by atoms with van der Waals surface area (Å²) in [6.07, 6.45) is 1.23. The number of pyridine rings is 1. The molecule has 0 unspecified atom stereocenters. The highest BCUT2D eigenvalue weighted by molar-refractivity contribution is 5.94. The van der Waals surface area contributed by atoms with Gasteiger partial charge in [-0.1, -0.05) is 0 Å². The first kappa shape index (κ1) is 12.1. The van der Waals surface area contributed by atoms with E-state index in [1.807, 2.05) is 6.07 Å². The molecule has 0 radical (unpaired) electrons. The molecule has 0 aromatic carbocycles. The van der Waals surface area contributed by atoms with Crippen LogP contribution in [-0.4, -0.2) is 28.4 Å². The average Bonchev–Trinajstić information content (AvgIpc) is 2.24. The molecule has 0 saturated heterocycles. The van der Waals surface area contributed by atoms with Gasteiger partial charge in [-0.05, 0) is 19.9 Å². The third-order valence-corrected chi connectivity index (χ3v) is 2.10. The molecule has 0 aliphatic carbocycles. The van der Waals surface area contributed by atoms with Crippen molar-refractivity contribution in [1.82, 2.24) is 9.88 Å². The Morgan fingerprint density at radius 1 is 1.69 bits per heavy atom. The fourth-order valence-electron chi connectivity index (χ4n) is 1.27. The van der Waals surface area contributed by atoms with Crippen LogP contribution < -0.4 is 0 Å². The highest BCUT2D eigenvalue weighted by atomic mass is 19.1. The van der Waals surface area contributed by atoms with Crippen LogP contribution in [-0.2, 0) is 0 Å². The van der Waals surface area contributed by atoms with Crippen molar-refractivity contribution in [2.45, 2.75) is 19.9 Å². The van der Waals surface area contributed by atoms with E-state index in [9.17, 15) is 9.18 Å². The van der Waals surface area contributed by atoms with Gasteiger partial charge in [-0.15, -0.1) is 0 Å². The molecule has 0 spiro atoms. The summed E-state index contributed by atoms with van der Waals surface area (Å²) in [4.78, 5) is 16.6. The smallest absolute Gasteiger partial charge is 0.255 e. The van der Waals surface area contributed by atoms with Crippen molar-refractivity contribution in [3.05, 3.63) is 29.8 Å². The molecule has 16 heavy (non-hydrogen) atoms. The van der Waals surface area contributed by atoms with Crippen LogP contribution in [0.25, 0.3) is 0 Å². The van der Waals surface area contributed by atoms with Crippen LogP contribution in [0, 0.1) is 17.3 Å². The van der Waals surface area contributed by atoms with Gasteiger partial charge >= 0.3 is 0 Å². The summed E-state index contributed by atoms with van der Waals surface area (Å²) in [5.41, 5.74) is 0.205. The second-order valence-electron chi connectivity index (χ2n) is 3.55. The molecule has 0 aliphatic rings. The Hall–Kier alpha value is -1.96. The van der Waals surface area contributed by atoms with E-state index in [-0.39, 0.29) is 24.1 Å². The Morgan fingerprint density at radius 2 is 2.38 bits per heavy atom. The van der Waals surface area contributed by atoms with E-state index < -0.39 is 5.95 Å². The van der Waals surface area contributed by atoms with Crippen LogP contribution in [0.1, 0.15) is 24.2 Å². The fraction of sp³-hybridized carbons (Fsp3) is 0.364. The van der Waals surface area contributed by atoms with E-state index in [2.05, 4.69) is 4.98 Å². The van der Waals surface area contributed by atoms with Gasteiger partial charge in [0, 0.05) is 23.9 Å². The highest BCUT2D eigenvalue weighted by Gasteiger charge is 2.18. The first-order chi connectivity index (χ1) is 7.56. The predicted molar refractivity (Wildman–Crippen MR) is 56.0 cm³/mol. The molecule has 1 aromatic rings. The number of halogens is 1. The van der Waals surface area contributed by atoms with Crippen LogP contribution in [0.5, 0.6) is 0 Å². The number of hydrogen-bond acceptors (Lipinski definition) is 3.